The van der Waals surface area contributed by atoms with E-state index in [9.17, 15) is 14.0 Å². The lowest BCUT2D eigenvalue weighted by Gasteiger charge is -2.12. The highest BCUT2D eigenvalue weighted by atomic mass is 19.1. The van der Waals surface area contributed by atoms with Gasteiger partial charge in [-0.2, -0.15) is 0 Å². The summed E-state index contributed by atoms with van der Waals surface area (Å²) in [5, 5.41) is 8.14. The van der Waals surface area contributed by atoms with Crippen molar-refractivity contribution in [3.63, 3.8) is 0 Å². The van der Waals surface area contributed by atoms with Crippen LogP contribution >= 0.6 is 0 Å². The standard InChI is InChI=1S/C18H20FN3O2/c1-11-5-4-6-16(12(11)2)22-18(24)10-20-14-7-8-15(19)17(9-14)21-13(3)23/h4-9,20H,10H2,1-3H3,(H,21,23)(H,22,24). The first-order valence-corrected chi connectivity index (χ1v) is 7.54. The van der Waals surface area contributed by atoms with Gasteiger partial charge in [-0.3, -0.25) is 9.59 Å². The minimum absolute atomic E-state index is 0.0263. The van der Waals surface area contributed by atoms with Gasteiger partial charge in [0.05, 0.1) is 12.2 Å². The highest BCUT2D eigenvalue weighted by molar-refractivity contribution is 5.95. The van der Waals surface area contributed by atoms with E-state index in [4.69, 9.17) is 0 Å². The minimum atomic E-state index is -0.532. The molecule has 0 aliphatic rings. The molecule has 0 atom stereocenters. The van der Waals surface area contributed by atoms with Gasteiger partial charge in [-0.05, 0) is 49.2 Å². The van der Waals surface area contributed by atoms with Gasteiger partial charge >= 0.3 is 0 Å². The quantitative estimate of drug-likeness (QED) is 0.787. The predicted molar refractivity (Wildman–Crippen MR) is 93.7 cm³/mol. The Morgan fingerprint density at radius 1 is 1.04 bits per heavy atom. The molecule has 0 aromatic heterocycles. The highest BCUT2D eigenvalue weighted by Gasteiger charge is 2.08. The molecule has 6 heteroatoms. The second-order valence-corrected chi connectivity index (χ2v) is 5.53. The van der Waals surface area contributed by atoms with E-state index in [-0.39, 0.29) is 24.0 Å². The number of anilines is 3. The van der Waals surface area contributed by atoms with Crippen LogP contribution in [0.1, 0.15) is 18.1 Å². The lowest BCUT2D eigenvalue weighted by atomic mass is 10.1. The smallest absolute Gasteiger partial charge is 0.243 e. The summed E-state index contributed by atoms with van der Waals surface area (Å²) in [4.78, 5) is 23.1. The Morgan fingerprint density at radius 3 is 2.50 bits per heavy atom. The fourth-order valence-corrected chi connectivity index (χ4v) is 2.18. The van der Waals surface area contributed by atoms with Gasteiger partial charge in [0.2, 0.25) is 11.8 Å². The molecule has 24 heavy (non-hydrogen) atoms. The molecule has 2 rings (SSSR count). The topological polar surface area (TPSA) is 70.2 Å². The molecule has 0 radical (unpaired) electrons. The number of nitrogens with one attached hydrogen (secondary N) is 3. The van der Waals surface area contributed by atoms with Crippen LogP contribution in [-0.4, -0.2) is 18.4 Å². The van der Waals surface area contributed by atoms with E-state index >= 15 is 0 Å². The number of aryl methyl sites for hydroxylation is 1. The van der Waals surface area contributed by atoms with Gasteiger partial charge in [0.25, 0.3) is 0 Å². The Morgan fingerprint density at radius 2 is 1.79 bits per heavy atom. The Kier molecular flexibility index (Phi) is 5.52. The zero-order valence-electron chi connectivity index (χ0n) is 13.9. The highest BCUT2D eigenvalue weighted by Crippen LogP contribution is 2.20. The molecule has 0 bridgehead atoms. The van der Waals surface area contributed by atoms with Crippen LogP contribution in [0, 0.1) is 19.7 Å². The Balaban J connectivity index is 1.99. The van der Waals surface area contributed by atoms with E-state index < -0.39 is 5.82 Å². The molecule has 0 saturated heterocycles. The number of hydrogen-bond donors (Lipinski definition) is 3. The van der Waals surface area contributed by atoms with Crippen LogP contribution in [-0.2, 0) is 9.59 Å². The molecule has 0 spiro atoms. The van der Waals surface area contributed by atoms with E-state index in [2.05, 4.69) is 16.0 Å². The van der Waals surface area contributed by atoms with E-state index in [1.54, 1.807) is 0 Å². The first-order chi connectivity index (χ1) is 11.4. The van der Waals surface area contributed by atoms with Gasteiger partial charge in [-0.25, -0.2) is 4.39 Å². The molecule has 126 valence electrons. The average Bonchev–Trinajstić information content (AvgIpc) is 2.52. The predicted octanol–water partition coefficient (Wildman–Crippen LogP) is 3.45. The Bertz CT molecular complexity index is 775. The molecule has 0 fully saturated rings. The lowest BCUT2D eigenvalue weighted by molar-refractivity contribution is -0.115. The van der Waals surface area contributed by atoms with Gasteiger partial charge in [0, 0.05) is 18.3 Å². The third-order valence-electron chi connectivity index (χ3n) is 3.61. The monoisotopic (exact) mass is 329 g/mol. The molecule has 0 saturated carbocycles. The van der Waals surface area contributed by atoms with Crippen molar-refractivity contribution >= 4 is 28.9 Å². The molecular formula is C18H20FN3O2. The van der Waals surface area contributed by atoms with Crippen molar-refractivity contribution < 1.29 is 14.0 Å². The van der Waals surface area contributed by atoms with Crippen molar-refractivity contribution in [2.24, 2.45) is 0 Å². The van der Waals surface area contributed by atoms with Gasteiger partial charge < -0.3 is 16.0 Å². The largest absolute Gasteiger partial charge is 0.376 e. The maximum atomic E-state index is 13.6. The van der Waals surface area contributed by atoms with E-state index in [1.165, 1.54) is 25.1 Å². The van der Waals surface area contributed by atoms with Crippen molar-refractivity contribution in [2.75, 3.05) is 22.5 Å². The molecule has 0 aliphatic carbocycles. The van der Waals surface area contributed by atoms with Crippen molar-refractivity contribution in [3.05, 3.63) is 53.3 Å². The summed E-state index contributed by atoms with van der Waals surface area (Å²) in [6.07, 6.45) is 0. The van der Waals surface area contributed by atoms with Crippen LogP contribution < -0.4 is 16.0 Å². The summed E-state index contributed by atoms with van der Waals surface area (Å²) >= 11 is 0. The molecule has 2 aromatic carbocycles. The molecular weight excluding hydrogens is 309 g/mol. The normalized spacial score (nSPS) is 10.2. The molecule has 5 nitrogen and oxygen atoms in total. The number of carbonyl (C=O) groups is 2. The fraction of sp³-hybridized carbons (Fsp3) is 0.222. The number of benzene rings is 2. The number of carbonyl (C=O) groups excluding carboxylic acids is 2. The Labute approximate surface area is 140 Å². The van der Waals surface area contributed by atoms with Crippen molar-refractivity contribution in [3.8, 4) is 0 Å². The summed E-state index contributed by atoms with van der Waals surface area (Å²) in [5.74, 6) is -1.11. The summed E-state index contributed by atoms with van der Waals surface area (Å²) in [6, 6.07) is 9.88. The summed E-state index contributed by atoms with van der Waals surface area (Å²) in [7, 11) is 0. The maximum Gasteiger partial charge on any atom is 0.243 e. The molecule has 0 heterocycles. The van der Waals surface area contributed by atoms with Crippen LogP contribution in [0.15, 0.2) is 36.4 Å². The molecule has 2 aromatic rings. The number of halogens is 1. The summed E-state index contributed by atoms with van der Waals surface area (Å²) < 4.78 is 13.6. The van der Waals surface area contributed by atoms with Crippen molar-refractivity contribution in [1.29, 1.82) is 0 Å². The summed E-state index contributed by atoms with van der Waals surface area (Å²) in [6.45, 7) is 5.25. The average molecular weight is 329 g/mol. The van der Waals surface area contributed by atoms with Crippen LogP contribution in [0.25, 0.3) is 0 Å². The van der Waals surface area contributed by atoms with Crippen LogP contribution in [0.4, 0.5) is 21.5 Å². The number of amides is 2. The first-order valence-electron chi connectivity index (χ1n) is 7.54. The van der Waals surface area contributed by atoms with Crippen molar-refractivity contribution in [1.82, 2.24) is 0 Å². The zero-order valence-corrected chi connectivity index (χ0v) is 13.9. The van der Waals surface area contributed by atoms with E-state index in [0.717, 1.165) is 16.8 Å². The Hall–Kier alpha value is -2.89. The summed E-state index contributed by atoms with van der Waals surface area (Å²) in [5.41, 5.74) is 3.48. The SMILES string of the molecule is CC(=O)Nc1cc(NCC(=O)Nc2cccc(C)c2C)ccc1F. The van der Waals surface area contributed by atoms with Gasteiger partial charge in [0.1, 0.15) is 5.82 Å². The van der Waals surface area contributed by atoms with E-state index in [1.807, 2.05) is 32.0 Å². The third kappa shape index (κ3) is 4.55. The number of rotatable bonds is 5. The van der Waals surface area contributed by atoms with Crippen LogP contribution in [0.2, 0.25) is 0 Å². The number of hydrogen-bond acceptors (Lipinski definition) is 3. The van der Waals surface area contributed by atoms with Crippen LogP contribution in [0.3, 0.4) is 0 Å². The molecule has 0 unspecified atom stereocenters. The minimum Gasteiger partial charge on any atom is -0.376 e. The molecule has 0 aliphatic heterocycles. The first kappa shape index (κ1) is 17.5. The second kappa shape index (κ2) is 7.59. The lowest BCUT2D eigenvalue weighted by Crippen LogP contribution is -2.22. The molecule has 3 N–H and O–H groups in total. The fourth-order valence-electron chi connectivity index (χ4n) is 2.18. The van der Waals surface area contributed by atoms with Crippen molar-refractivity contribution in [2.45, 2.75) is 20.8 Å². The zero-order chi connectivity index (χ0) is 17.7. The van der Waals surface area contributed by atoms with Gasteiger partial charge in [0.15, 0.2) is 0 Å². The van der Waals surface area contributed by atoms with Gasteiger partial charge in [-0.15, -0.1) is 0 Å². The van der Waals surface area contributed by atoms with E-state index in [0.29, 0.717) is 5.69 Å². The third-order valence-corrected chi connectivity index (χ3v) is 3.61. The van der Waals surface area contributed by atoms with Gasteiger partial charge in [-0.1, -0.05) is 12.1 Å². The van der Waals surface area contributed by atoms with Crippen LogP contribution in [0.5, 0.6) is 0 Å². The molecule has 2 amide bonds. The second-order valence-electron chi connectivity index (χ2n) is 5.53. The maximum absolute atomic E-state index is 13.6.